The van der Waals surface area contributed by atoms with Crippen molar-refractivity contribution >= 4 is 22.5 Å². The molecular weight excluding hydrogens is 520 g/mol. The molecule has 206 valence electrons. The Morgan fingerprint density at radius 2 is 1.73 bits per heavy atom. The summed E-state index contributed by atoms with van der Waals surface area (Å²) in [5.74, 6) is 0.366. The lowest BCUT2D eigenvalue weighted by atomic mass is 10.1. The van der Waals surface area contributed by atoms with Crippen LogP contribution in [-0.2, 0) is 6.54 Å². The maximum atomic E-state index is 14.1. The van der Waals surface area contributed by atoms with Gasteiger partial charge < -0.3 is 9.64 Å². The van der Waals surface area contributed by atoms with E-state index in [-0.39, 0.29) is 23.4 Å². The Labute approximate surface area is 236 Å². The van der Waals surface area contributed by atoms with Crippen LogP contribution in [0.3, 0.4) is 0 Å². The summed E-state index contributed by atoms with van der Waals surface area (Å²) in [4.78, 5) is 45.5. The second-order valence-corrected chi connectivity index (χ2v) is 9.71. The maximum Gasteiger partial charge on any atom is 0.270 e. The van der Waals surface area contributed by atoms with Crippen molar-refractivity contribution in [3.8, 4) is 11.4 Å². The second kappa shape index (κ2) is 11.4. The largest absolute Gasteiger partial charge is 0.495 e. The summed E-state index contributed by atoms with van der Waals surface area (Å²) in [6.07, 6.45) is 0. The van der Waals surface area contributed by atoms with Gasteiger partial charge in [0, 0.05) is 24.2 Å². The molecule has 0 saturated heterocycles. The molecule has 0 bridgehead atoms. The lowest BCUT2D eigenvalue weighted by molar-refractivity contribution is -0.384. The van der Waals surface area contributed by atoms with E-state index in [4.69, 9.17) is 9.72 Å². The van der Waals surface area contributed by atoms with Crippen molar-refractivity contribution in [3.05, 3.63) is 140 Å². The average molecular weight is 549 g/mol. The highest BCUT2D eigenvalue weighted by Gasteiger charge is 2.29. The van der Waals surface area contributed by atoms with Crippen LogP contribution < -0.4 is 10.3 Å². The molecule has 1 unspecified atom stereocenters. The van der Waals surface area contributed by atoms with Crippen LogP contribution in [0.4, 0.5) is 5.69 Å². The number of carbonyl (C=O) groups excluding carboxylic acids is 1. The van der Waals surface area contributed by atoms with Crippen molar-refractivity contribution in [2.45, 2.75) is 26.4 Å². The fraction of sp³-hybridized carbons (Fsp3) is 0.156. The molecule has 9 heteroatoms. The van der Waals surface area contributed by atoms with Gasteiger partial charge in [0.1, 0.15) is 11.6 Å². The van der Waals surface area contributed by atoms with Crippen LogP contribution in [0.1, 0.15) is 40.3 Å². The van der Waals surface area contributed by atoms with Crippen LogP contribution in [-0.4, -0.2) is 32.4 Å². The quantitative estimate of drug-likeness (QED) is 0.173. The first-order valence-electron chi connectivity index (χ1n) is 13.0. The number of aromatic nitrogens is 2. The van der Waals surface area contributed by atoms with Crippen LogP contribution >= 0.6 is 0 Å². The summed E-state index contributed by atoms with van der Waals surface area (Å²) in [7, 11) is 1.53. The lowest BCUT2D eigenvalue weighted by Crippen LogP contribution is -2.37. The number of fused-ring (bicyclic) bond motifs is 1. The normalized spacial score (nSPS) is 11.7. The van der Waals surface area contributed by atoms with E-state index in [0.29, 0.717) is 28.2 Å². The van der Waals surface area contributed by atoms with E-state index < -0.39 is 16.9 Å². The summed E-state index contributed by atoms with van der Waals surface area (Å²) in [6.45, 7) is 3.89. The first-order chi connectivity index (χ1) is 19.8. The van der Waals surface area contributed by atoms with Crippen molar-refractivity contribution < 1.29 is 14.5 Å². The van der Waals surface area contributed by atoms with Gasteiger partial charge in [-0.3, -0.25) is 24.3 Å². The third-order valence-electron chi connectivity index (χ3n) is 6.98. The molecule has 5 rings (SSSR count). The number of nitrogens with zero attached hydrogens (tertiary/aromatic N) is 4. The van der Waals surface area contributed by atoms with Gasteiger partial charge in [-0.05, 0) is 55.3 Å². The Hall–Kier alpha value is -5.31. The number of methoxy groups -OCH3 is 1. The third kappa shape index (κ3) is 5.42. The Balaban J connectivity index is 1.74. The zero-order valence-corrected chi connectivity index (χ0v) is 22.9. The van der Waals surface area contributed by atoms with E-state index in [2.05, 4.69) is 0 Å². The molecule has 0 spiro atoms. The van der Waals surface area contributed by atoms with Crippen LogP contribution in [0.15, 0.2) is 102 Å². The van der Waals surface area contributed by atoms with Gasteiger partial charge in [0.15, 0.2) is 0 Å². The number of hydrogen-bond acceptors (Lipinski definition) is 6. The number of nitro benzene ring substituents is 1. The fourth-order valence-electron chi connectivity index (χ4n) is 4.86. The zero-order valence-electron chi connectivity index (χ0n) is 22.9. The van der Waals surface area contributed by atoms with E-state index in [1.165, 1.54) is 29.9 Å². The predicted molar refractivity (Wildman–Crippen MR) is 156 cm³/mol. The summed E-state index contributed by atoms with van der Waals surface area (Å²) in [5, 5.41) is 11.9. The van der Waals surface area contributed by atoms with Crippen molar-refractivity contribution in [3.63, 3.8) is 0 Å². The number of rotatable bonds is 8. The molecule has 1 amide bonds. The van der Waals surface area contributed by atoms with Crippen molar-refractivity contribution in [2.24, 2.45) is 0 Å². The smallest absolute Gasteiger partial charge is 0.270 e. The van der Waals surface area contributed by atoms with Gasteiger partial charge in [-0.2, -0.15) is 0 Å². The zero-order chi connectivity index (χ0) is 29.1. The molecule has 4 aromatic carbocycles. The maximum absolute atomic E-state index is 14.1. The van der Waals surface area contributed by atoms with Crippen molar-refractivity contribution in [1.82, 2.24) is 14.5 Å². The monoisotopic (exact) mass is 548 g/mol. The lowest BCUT2D eigenvalue weighted by Gasteiger charge is -2.31. The van der Waals surface area contributed by atoms with E-state index >= 15 is 0 Å². The number of para-hydroxylation sites is 1. The number of benzene rings is 4. The van der Waals surface area contributed by atoms with Gasteiger partial charge in [-0.15, -0.1) is 0 Å². The van der Waals surface area contributed by atoms with Crippen LogP contribution in [0.5, 0.6) is 5.75 Å². The summed E-state index contributed by atoms with van der Waals surface area (Å²) < 4.78 is 7.13. The number of ether oxygens (including phenoxy) is 1. The number of carbonyl (C=O) groups is 1. The van der Waals surface area contributed by atoms with Crippen LogP contribution in [0.25, 0.3) is 16.6 Å². The summed E-state index contributed by atoms with van der Waals surface area (Å²) in [5.41, 5.74) is 2.42. The molecule has 0 radical (unpaired) electrons. The highest BCUT2D eigenvalue weighted by Crippen LogP contribution is 2.30. The van der Waals surface area contributed by atoms with Crippen molar-refractivity contribution in [2.75, 3.05) is 7.11 Å². The molecular formula is C32H28N4O5. The number of non-ortho nitro benzene ring substituents is 1. The average Bonchev–Trinajstić information content (AvgIpc) is 2.99. The molecule has 1 heterocycles. The molecule has 1 aromatic heterocycles. The Bertz CT molecular complexity index is 1820. The first kappa shape index (κ1) is 27.3. The molecule has 0 saturated carbocycles. The predicted octanol–water partition coefficient (Wildman–Crippen LogP) is 6.01. The molecule has 1 atom stereocenters. The van der Waals surface area contributed by atoms with Gasteiger partial charge in [0.05, 0.1) is 34.7 Å². The fourth-order valence-corrected chi connectivity index (χ4v) is 4.86. The second-order valence-electron chi connectivity index (χ2n) is 9.71. The Morgan fingerprint density at radius 1 is 1.00 bits per heavy atom. The number of nitro groups is 1. The number of aryl methyl sites for hydroxylation is 1. The minimum atomic E-state index is -0.732. The van der Waals surface area contributed by atoms with Crippen LogP contribution in [0, 0.1) is 17.0 Å². The molecule has 0 aliphatic heterocycles. The van der Waals surface area contributed by atoms with E-state index in [1.54, 1.807) is 48.2 Å². The van der Waals surface area contributed by atoms with Gasteiger partial charge in [-0.1, -0.05) is 54.6 Å². The summed E-state index contributed by atoms with van der Waals surface area (Å²) in [6, 6.07) is 26.9. The molecule has 5 aromatic rings. The number of amides is 1. The Kier molecular flexibility index (Phi) is 7.60. The number of hydrogen-bond donors (Lipinski definition) is 0. The Morgan fingerprint density at radius 3 is 2.46 bits per heavy atom. The van der Waals surface area contributed by atoms with E-state index in [9.17, 15) is 19.7 Å². The minimum Gasteiger partial charge on any atom is -0.495 e. The molecule has 0 aliphatic carbocycles. The third-order valence-corrected chi connectivity index (χ3v) is 6.98. The highest BCUT2D eigenvalue weighted by molar-refractivity contribution is 5.95. The molecule has 0 aliphatic rings. The molecule has 0 N–H and O–H groups in total. The molecule has 41 heavy (non-hydrogen) atoms. The topological polar surface area (TPSA) is 108 Å². The first-order valence-corrected chi connectivity index (χ1v) is 13.0. The van der Waals surface area contributed by atoms with E-state index in [0.717, 1.165) is 11.1 Å². The summed E-state index contributed by atoms with van der Waals surface area (Å²) >= 11 is 0. The van der Waals surface area contributed by atoms with Crippen LogP contribution in [0.2, 0.25) is 0 Å². The van der Waals surface area contributed by atoms with Gasteiger partial charge in [-0.25, -0.2) is 4.98 Å². The SMILES string of the molecule is COc1ccc(C)cc1-n1c(C(C)N(Cc2ccccc2)C(=O)c2cccc([N+](=O)[O-])c2)nc2ccccc2c1=O. The van der Waals surface area contributed by atoms with Gasteiger partial charge in [0.25, 0.3) is 17.2 Å². The van der Waals surface area contributed by atoms with Gasteiger partial charge >= 0.3 is 0 Å². The molecule has 9 nitrogen and oxygen atoms in total. The standard InChI is InChI=1S/C32H28N4O5/c1-21-16-17-29(41-3)28(18-21)35-30(33-27-15-8-7-14-26(27)32(35)38)22(2)34(20-23-10-5-4-6-11-23)31(37)24-12-9-13-25(19-24)36(39)40/h4-19,22H,20H2,1-3H3. The van der Waals surface area contributed by atoms with Crippen molar-refractivity contribution in [1.29, 1.82) is 0 Å². The highest BCUT2D eigenvalue weighted by atomic mass is 16.6. The van der Waals surface area contributed by atoms with E-state index in [1.807, 2.05) is 49.4 Å². The van der Waals surface area contributed by atoms with Gasteiger partial charge in [0.2, 0.25) is 0 Å². The molecule has 0 fully saturated rings. The minimum absolute atomic E-state index is 0.157.